The fourth-order valence-corrected chi connectivity index (χ4v) is 4.57. The second-order valence-electron chi connectivity index (χ2n) is 7.21. The third-order valence-electron chi connectivity index (χ3n) is 5.14. The molecule has 3 aromatic rings. The van der Waals surface area contributed by atoms with E-state index >= 15 is 0 Å². The Hall–Kier alpha value is -2.81. The van der Waals surface area contributed by atoms with Gasteiger partial charge in [-0.25, -0.2) is 9.78 Å². The van der Waals surface area contributed by atoms with Crippen molar-refractivity contribution in [2.45, 2.75) is 6.54 Å². The van der Waals surface area contributed by atoms with Gasteiger partial charge in [0.05, 0.1) is 41.7 Å². The number of nitrogens with one attached hydrogen (secondary N) is 1. The number of piperazine rings is 1. The van der Waals surface area contributed by atoms with E-state index in [0.29, 0.717) is 17.8 Å². The number of hydrogen-bond donors (Lipinski definition) is 1. The maximum absolute atomic E-state index is 12.5. The van der Waals surface area contributed by atoms with Gasteiger partial charge < -0.3 is 10.1 Å². The van der Waals surface area contributed by atoms with Crippen molar-refractivity contribution < 1.29 is 14.3 Å². The first kappa shape index (κ1) is 20.5. The van der Waals surface area contributed by atoms with E-state index in [2.05, 4.69) is 21.2 Å². The fourth-order valence-electron chi connectivity index (χ4n) is 3.56. The average Bonchev–Trinajstić information content (AvgIpc) is 3.17. The number of hydrogen-bond acceptors (Lipinski definition) is 7. The molecule has 1 aliphatic heterocycles. The lowest BCUT2D eigenvalue weighted by atomic mass is 10.2. The van der Waals surface area contributed by atoms with E-state index in [1.165, 1.54) is 11.8 Å². The Bertz CT molecular complexity index is 1010. The fraction of sp³-hybridized carbons (Fsp3) is 0.318. The largest absolute Gasteiger partial charge is 0.465 e. The molecule has 30 heavy (non-hydrogen) atoms. The molecule has 0 unspecified atom stereocenters. The molecule has 1 aliphatic rings. The molecule has 1 amide bonds. The van der Waals surface area contributed by atoms with Crippen LogP contribution in [0.25, 0.3) is 10.2 Å². The number of fused-ring (bicyclic) bond motifs is 1. The molecule has 156 valence electrons. The van der Waals surface area contributed by atoms with Gasteiger partial charge in [-0.15, -0.1) is 11.3 Å². The Morgan fingerprint density at radius 1 is 1.03 bits per heavy atom. The minimum absolute atomic E-state index is 0.133. The van der Waals surface area contributed by atoms with Crippen LogP contribution in [0, 0.1) is 0 Å². The molecular weight excluding hydrogens is 400 g/mol. The summed E-state index contributed by atoms with van der Waals surface area (Å²) >= 11 is 1.74. The van der Waals surface area contributed by atoms with Crippen LogP contribution in [0.3, 0.4) is 0 Å². The molecular formula is C22H24N4O3S. The highest BCUT2D eigenvalue weighted by Gasteiger charge is 2.21. The number of rotatable bonds is 6. The third-order valence-corrected chi connectivity index (χ3v) is 6.16. The number of carbonyl (C=O) groups is 2. The molecule has 1 saturated heterocycles. The second-order valence-corrected chi connectivity index (χ2v) is 8.33. The highest BCUT2D eigenvalue weighted by atomic mass is 32.1. The van der Waals surface area contributed by atoms with Crippen LogP contribution in [0.5, 0.6) is 0 Å². The zero-order chi connectivity index (χ0) is 20.9. The van der Waals surface area contributed by atoms with Gasteiger partial charge >= 0.3 is 5.97 Å². The Labute approximate surface area is 179 Å². The average molecular weight is 425 g/mol. The molecule has 8 heteroatoms. The van der Waals surface area contributed by atoms with E-state index in [9.17, 15) is 9.59 Å². The number of thiazole rings is 1. The van der Waals surface area contributed by atoms with Gasteiger partial charge in [0, 0.05) is 26.2 Å². The minimum atomic E-state index is -0.464. The summed E-state index contributed by atoms with van der Waals surface area (Å²) in [5.74, 6) is -0.597. The molecule has 1 aromatic heterocycles. The maximum Gasteiger partial charge on any atom is 0.339 e. The zero-order valence-corrected chi connectivity index (χ0v) is 17.7. The van der Waals surface area contributed by atoms with Crippen LogP contribution in [0.1, 0.15) is 15.4 Å². The van der Waals surface area contributed by atoms with Crippen LogP contribution in [-0.2, 0) is 16.1 Å². The Kier molecular flexibility index (Phi) is 6.37. The van der Waals surface area contributed by atoms with Crippen molar-refractivity contribution in [3.05, 3.63) is 59.1 Å². The van der Waals surface area contributed by atoms with Gasteiger partial charge in [-0.3, -0.25) is 14.6 Å². The lowest BCUT2D eigenvalue weighted by Crippen LogP contribution is -2.48. The van der Waals surface area contributed by atoms with Crippen molar-refractivity contribution in [1.82, 2.24) is 14.8 Å². The monoisotopic (exact) mass is 424 g/mol. The van der Waals surface area contributed by atoms with E-state index < -0.39 is 5.97 Å². The van der Waals surface area contributed by atoms with Gasteiger partial charge in [0.1, 0.15) is 5.01 Å². The van der Waals surface area contributed by atoms with Crippen molar-refractivity contribution in [3.8, 4) is 0 Å². The molecule has 0 saturated carbocycles. The number of benzene rings is 2. The number of esters is 1. The van der Waals surface area contributed by atoms with Crippen LogP contribution < -0.4 is 5.32 Å². The van der Waals surface area contributed by atoms with E-state index in [4.69, 9.17) is 9.72 Å². The number of aromatic nitrogens is 1. The summed E-state index contributed by atoms with van der Waals surface area (Å²) in [5.41, 5.74) is 1.89. The third kappa shape index (κ3) is 4.84. The summed E-state index contributed by atoms with van der Waals surface area (Å²) in [7, 11) is 1.33. The molecule has 2 heterocycles. The van der Waals surface area contributed by atoms with Gasteiger partial charge in [0.25, 0.3) is 0 Å². The number of anilines is 1. The second kappa shape index (κ2) is 9.34. The molecule has 2 aromatic carbocycles. The molecule has 7 nitrogen and oxygen atoms in total. The van der Waals surface area contributed by atoms with Crippen molar-refractivity contribution in [2.75, 3.05) is 45.2 Å². The van der Waals surface area contributed by atoms with Crippen molar-refractivity contribution in [3.63, 3.8) is 0 Å². The molecule has 0 radical (unpaired) electrons. The van der Waals surface area contributed by atoms with E-state index in [1.807, 2.05) is 18.2 Å². The van der Waals surface area contributed by atoms with E-state index in [-0.39, 0.29) is 5.91 Å². The van der Waals surface area contributed by atoms with Crippen LogP contribution >= 0.6 is 11.3 Å². The quantitative estimate of drug-likeness (QED) is 0.614. The van der Waals surface area contributed by atoms with Gasteiger partial charge in [-0.05, 0) is 24.3 Å². The molecule has 1 N–H and O–H groups in total. The van der Waals surface area contributed by atoms with Crippen molar-refractivity contribution in [2.24, 2.45) is 0 Å². The van der Waals surface area contributed by atoms with Crippen LogP contribution in [0.2, 0.25) is 0 Å². The number of amides is 1. The smallest absolute Gasteiger partial charge is 0.339 e. The van der Waals surface area contributed by atoms with Gasteiger partial charge in [-0.1, -0.05) is 24.3 Å². The normalized spacial score (nSPS) is 15.2. The van der Waals surface area contributed by atoms with Gasteiger partial charge in [0.2, 0.25) is 5.91 Å². The molecule has 1 fully saturated rings. The zero-order valence-electron chi connectivity index (χ0n) is 16.8. The van der Waals surface area contributed by atoms with Crippen LogP contribution in [0.4, 0.5) is 5.69 Å². The summed E-state index contributed by atoms with van der Waals surface area (Å²) < 4.78 is 6.00. The SMILES string of the molecule is COC(=O)c1ccccc1NC(=O)CN1CCN(Cc2nc3ccccc3s2)CC1. The first-order chi connectivity index (χ1) is 14.6. The van der Waals surface area contributed by atoms with Crippen LogP contribution in [-0.4, -0.2) is 66.5 Å². The Morgan fingerprint density at radius 2 is 1.73 bits per heavy atom. The van der Waals surface area contributed by atoms with E-state index in [0.717, 1.165) is 43.2 Å². The summed E-state index contributed by atoms with van der Waals surface area (Å²) in [5, 5.41) is 3.96. The molecule has 0 spiro atoms. The predicted octanol–water partition coefficient (Wildman–Crippen LogP) is 2.84. The molecule has 0 atom stereocenters. The number of ether oxygens (including phenoxy) is 1. The lowest BCUT2D eigenvalue weighted by molar-refractivity contribution is -0.117. The Balaban J connectivity index is 1.27. The maximum atomic E-state index is 12.5. The van der Waals surface area contributed by atoms with Crippen molar-refractivity contribution >= 4 is 39.1 Å². The molecule has 0 bridgehead atoms. The summed E-state index contributed by atoms with van der Waals surface area (Å²) in [6, 6.07) is 15.1. The van der Waals surface area contributed by atoms with Gasteiger partial charge in [0.15, 0.2) is 0 Å². The highest BCUT2D eigenvalue weighted by Crippen LogP contribution is 2.23. The summed E-state index contributed by atoms with van der Waals surface area (Å²) in [6.07, 6.45) is 0. The topological polar surface area (TPSA) is 74.8 Å². The number of carbonyl (C=O) groups excluding carboxylic acids is 2. The van der Waals surface area contributed by atoms with Crippen LogP contribution in [0.15, 0.2) is 48.5 Å². The Morgan fingerprint density at radius 3 is 2.50 bits per heavy atom. The van der Waals surface area contributed by atoms with Gasteiger partial charge in [-0.2, -0.15) is 0 Å². The van der Waals surface area contributed by atoms with Crippen molar-refractivity contribution in [1.29, 1.82) is 0 Å². The van der Waals surface area contributed by atoms with E-state index in [1.54, 1.807) is 35.6 Å². The number of nitrogens with zero attached hydrogens (tertiary/aromatic N) is 3. The lowest BCUT2D eigenvalue weighted by Gasteiger charge is -2.33. The summed E-state index contributed by atoms with van der Waals surface area (Å²) in [6.45, 7) is 4.55. The predicted molar refractivity (Wildman–Crippen MR) is 118 cm³/mol. The number of para-hydroxylation sites is 2. The number of methoxy groups -OCH3 is 1. The summed E-state index contributed by atoms with van der Waals surface area (Å²) in [4.78, 5) is 33.6. The molecule has 4 rings (SSSR count). The first-order valence-electron chi connectivity index (χ1n) is 9.89. The molecule has 0 aliphatic carbocycles. The minimum Gasteiger partial charge on any atom is -0.465 e. The highest BCUT2D eigenvalue weighted by molar-refractivity contribution is 7.18. The first-order valence-corrected chi connectivity index (χ1v) is 10.7. The standard InChI is InChI=1S/C22H24N4O3S/c1-29-22(28)16-6-2-3-7-17(16)23-20(27)14-25-10-12-26(13-11-25)15-21-24-18-8-4-5-9-19(18)30-21/h2-9H,10-15H2,1H3,(H,23,27).